The quantitative estimate of drug-likeness (QED) is 0.135. The van der Waals surface area contributed by atoms with Crippen molar-refractivity contribution in [3.8, 4) is 146 Å². The molecule has 0 atom stereocenters. The average Bonchev–Trinajstić information content (AvgIpc) is 1.51. The van der Waals surface area contributed by atoms with Gasteiger partial charge in [0.2, 0.25) is 0 Å². The maximum absolute atomic E-state index is 7.99. The molecule has 6 heteroatoms. The molecule has 19 aromatic rings. The van der Waals surface area contributed by atoms with Gasteiger partial charge >= 0.3 is 0 Å². The van der Waals surface area contributed by atoms with Crippen LogP contribution < -0.4 is 0 Å². The van der Waals surface area contributed by atoms with Crippen molar-refractivity contribution in [3.63, 3.8) is 0 Å². The summed E-state index contributed by atoms with van der Waals surface area (Å²) in [5, 5.41) is 4.72. The smallest absolute Gasteiger partial charge is 0.187 e. The normalized spacial score (nSPS) is 12.8. The fourth-order valence-electron chi connectivity index (χ4n) is 19.1. The second kappa shape index (κ2) is 27.1. The highest BCUT2D eigenvalue weighted by molar-refractivity contribution is 6.03. The Hall–Kier alpha value is -15.6. The molecule has 0 N–H and O–H groups in total. The van der Waals surface area contributed by atoms with Gasteiger partial charge < -0.3 is 0 Å². The molecule has 0 bridgehead atoms. The molecule has 0 unspecified atom stereocenters. The van der Waals surface area contributed by atoms with Gasteiger partial charge in [-0.2, -0.15) is 0 Å². The van der Waals surface area contributed by atoms with Gasteiger partial charge in [0.05, 0.1) is 46.7 Å². The lowest BCUT2D eigenvalue weighted by molar-refractivity contribution is 0.794. The summed E-state index contributed by atoms with van der Waals surface area (Å²) in [4.78, 5) is 28.5. The van der Waals surface area contributed by atoms with Gasteiger partial charge in [-0.15, -0.1) is 0 Å². The highest BCUT2D eigenvalue weighted by Crippen LogP contribution is 2.66. The zero-order valence-corrected chi connectivity index (χ0v) is 62.8. The monoisotopic (exact) mass is 1470 g/mol. The van der Waals surface area contributed by atoms with Crippen LogP contribution in [0.5, 0.6) is 0 Å². The summed E-state index contributed by atoms with van der Waals surface area (Å²) < 4.78 is 0. The highest BCUT2D eigenvalue weighted by atomic mass is 14.9. The lowest BCUT2D eigenvalue weighted by Gasteiger charge is -2.30. The minimum atomic E-state index is -0.520. The van der Waals surface area contributed by atoms with Gasteiger partial charge in [0.1, 0.15) is 0 Å². The van der Waals surface area contributed by atoms with Crippen LogP contribution >= 0.6 is 0 Å². The van der Waals surface area contributed by atoms with E-state index >= 15 is 0 Å². The van der Waals surface area contributed by atoms with Gasteiger partial charge in [0.15, 0.2) is 23.0 Å². The number of fused-ring (bicyclic) bond motifs is 22. The molecule has 0 saturated heterocycles. The van der Waals surface area contributed by atoms with Crippen LogP contribution in [0.2, 0.25) is 0 Å². The van der Waals surface area contributed by atoms with E-state index in [2.05, 4.69) is 374 Å². The van der Waals surface area contributed by atoms with Crippen molar-refractivity contribution in [3.05, 3.63) is 468 Å². The van der Waals surface area contributed by atoms with Crippen LogP contribution in [-0.2, 0) is 10.8 Å². The first-order chi connectivity index (χ1) is 57.4. The van der Waals surface area contributed by atoms with Crippen LogP contribution in [0.4, 0.5) is 11.4 Å². The van der Waals surface area contributed by atoms with Crippen LogP contribution in [0.25, 0.3) is 177 Å². The van der Waals surface area contributed by atoms with Crippen molar-refractivity contribution in [2.45, 2.75) is 10.8 Å². The first kappa shape index (κ1) is 67.3. The Kier molecular flexibility index (Phi) is 15.7. The molecule has 2 spiro atoms. The lowest BCUT2D eigenvalue weighted by atomic mass is 9.70. The maximum atomic E-state index is 7.99. The van der Waals surface area contributed by atoms with Crippen molar-refractivity contribution in [1.82, 2.24) is 19.9 Å². The second-order valence-electron chi connectivity index (χ2n) is 30.3. The molecular formula is C110H66N6. The van der Waals surface area contributed by atoms with Crippen LogP contribution in [0.1, 0.15) is 44.5 Å². The van der Waals surface area contributed by atoms with E-state index in [4.69, 9.17) is 33.1 Å². The fraction of sp³-hybridized carbons (Fsp3) is 0.0182. The zero-order valence-electron chi connectivity index (χ0n) is 62.8. The summed E-state index contributed by atoms with van der Waals surface area (Å²) in [5.41, 5.74) is 36.5. The maximum Gasteiger partial charge on any atom is 0.187 e. The molecule has 4 aliphatic rings. The Morgan fingerprint density at radius 2 is 0.483 bits per heavy atom. The number of hydrogen-bond acceptors (Lipinski definition) is 4. The van der Waals surface area contributed by atoms with E-state index < -0.39 is 10.8 Å². The summed E-state index contributed by atoms with van der Waals surface area (Å²) in [6.45, 7) is 16.0. The van der Waals surface area contributed by atoms with E-state index in [0.29, 0.717) is 23.0 Å². The van der Waals surface area contributed by atoms with Gasteiger partial charge in [-0.3, -0.25) is 0 Å². The molecule has 0 aliphatic heterocycles. The third kappa shape index (κ3) is 10.6. The Balaban J connectivity index is 0.000000141. The summed E-state index contributed by atoms with van der Waals surface area (Å²) in [6, 6.07) is 142. The molecule has 536 valence electrons. The van der Waals surface area contributed by atoms with Crippen molar-refractivity contribution < 1.29 is 0 Å². The third-order valence-corrected chi connectivity index (χ3v) is 24.3. The van der Waals surface area contributed by atoms with E-state index in [9.17, 15) is 0 Å². The third-order valence-electron chi connectivity index (χ3n) is 24.3. The first-order valence-electron chi connectivity index (χ1n) is 39.3. The zero-order chi connectivity index (χ0) is 77.0. The number of aromatic nitrogens is 4. The molecular weight excluding hydrogens is 1410 g/mol. The molecule has 17 aromatic carbocycles. The molecule has 4 aliphatic carbocycles. The molecule has 0 radical (unpaired) electrons. The number of rotatable bonds is 9. The summed E-state index contributed by atoms with van der Waals surface area (Å²) >= 11 is 0. The lowest BCUT2D eigenvalue weighted by Crippen LogP contribution is -2.25. The second-order valence-corrected chi connectivity index (χ2v) is 30.3. The van der Waals surface area contributed by atoms with E-state index in [0.717, 1.165) is 78.2 Å². The Morgan fingerprint density at radius 3 is 0.922 bits per heavy atom. The first-order valence-corrected chi connectivity index (χ1v) is 39.3. The molecule has 6 nitrogen and oxygen atoms in total. The number of benzene rings is 17. The standard InChI is InChI=1S/C56H33N3.C54H33N3/c1-57-43-29-30-47-51(33-43)56(48-18-8-6-15-45(48)46-16-7-9-19-49(46)56)50-20-10-17-44(54(47)50)37-23-25-38(26-24-37)52-34-53(41-27-21-35-11-2-4-13-39(35)31-41)59-55(58-52)42-28-22-36-12-3-5-14-40(36)32-42;1-55-41-31-32-45-49(33-41)54(46-20-10-8-17-43(46)44-18-9-11-21-47(44)54)48-22-12-19-42(52(45)48)37-25-29-40(30-26-37)53-56-50(38-15-6-3-7-16-38)34-51(57-53)39-27-23-36(24-28-39)35-13-4-2-5-14-35/h2-34H;2-34H. The number of hydrogen-bond donors (Lipinski definition) is 0. The van der Waals surface area contributed by atoms with Crippen LogP contribution in [0, 0.1) is 13.1 Å². The SMILES string of the molecule is [C-]#[N+]c1ccc2c(c1)C1(c3ccccc3-c3ccccc31)c1cccc(-c3ccc(-c4cc(-c5ccc6ccccc6c5)nc(-c5ccc6ccccc6c5)n4)cc3)c1-2.[C-]#[N+]c1ccc2c(c1)C1(c3ccccc3-c3ccccc31)c1cccc(-c3ccc(-c4nc(-c5ccccc5)cc(-c5ccc(-c6ccccc6)cc5)n4)cc3)c1-2. The van der Waals surface area contributed by atoms with Crippen LogP contribution in [0.3, 0.4) is 0 Å². The van der Waals surface area contributed by atoms with E-state index in [1.165, 1.54) is 122 Å². The Morgan fingerprint density at radius 1 is 0.181 bits per heavy atom. The van der Waals surface area contributed by atoms with Crippen molar-refractivity contribution in [1.29, 1.82) is 0 Å². The van der Waals surface area contributed by atoms with Gasteiger partial charge in [-0.25, -0.2) is 29.6 Å². The molecule has 0 amide bonds. The molecule has 23 rings (SSSR count). The summed E-state index contributed by atoms with van der Waals surface area (Å²) in [6.07, 6.45) is 0. The predicted octanol–water partition coefficient (Wildman–Crippen LogP) is 28.1. The van der Waals surface area contributed by atoms with Crippen molar-refractivity contribution in [2.24, 2.45) is 0 Å². The van der Waals surface area contributed by atoms with Gasteiger partial charge in [0.25, 0.3) is 0 Å². The predicted molar refractivity (Wildman–Crippen MR) is 473 cm³/mol. The highest BCUT2D eigenvalue weighted by Gasteiger charge is 2.54. The van der Waals surface area contributed by atoms with Gasteiger partial charge in [-0.1, -0.05) is 376 Å². The van der Waals surface area contributed by atoms with Crippen molar-refractivity contribution in [2.75, 3.05) is 0 Å². The molecule has 2 heterocycles. The Labute approximate surface area is 672 Å². The number of nitrogens with zero attached hydrogens (tertiary/aromatic N) is 6. The molecule has 0 fully saturated rings. The Bertz CT molecular complexity index is 7150. The average molecular weight is 1470 g/mol. The topological polar surface area (TPSA) is 60.3 Å². The van der Waals surface area contributed by atoms with Crippen LogP contribution in [0.15, 0.2) is 400 Å². The molecule has 0 saturated carbocycles. The minimum Gasteiger partial charge on any atom is -0.238 e. The fourth-order valence-corrected chi connectivity index (χ4v) is 19.1. The van der Waals surface area contributed by atoms with E-state index in [1.54, 1.807) is 0 Å². The minimum absolute atomic E-state index is 0.518. The van der Waals surface area contributed by atoms with Gasteiger partial charge in [0, 0.05) is 33.4 Å². The summed E-state index contributed by atoms with van der Waals surface area (Å²) in [5.74, 6) is 1.37. The molecule has 116 heavy (non-hydrogen) atoms. The largest absolute Gasteiger partial charge is 0.238 e. The van der Waals surface area contributed by atoms with Crippen molar-refractivity contribution >= 4 is 32.9 Å². The summed E-state index contributed by atoms with van der Waals surface area (Å²) in [7, 11) is 0. The molecule has 2 aromatic heterocycles. The van der Waals surface area contributed by atoms with E-state index in [-0.39, 0.29) is 0 Å². The van der Waals surface area contributed by atoms with Gasteiger partial charge in [-0.05, 0) is 168 Å². The van der Waals surface area contributed by atoms with E-state index in [1.807, 2.05) is 36.4 Å². The van der Waals surface area contributed by atoms with Crippen LogP contribution in [-0.4, -0.2) is 19.9 Å².